The lowest BCUT2D eigenvalue weighted by Crippen LogP contribution is -2.26. The number of nitrogens with zero attached hydrogens (tertiary/aromatic N) is 2. The first-order valence-corrected chi connectivity index (χ1v) is 7.46. The largest absolute Gasteiger partial charge is 0.481 e. The predicted octanol–water partition coefficient (Wildman–Crippen LogP) is 2.50. The Morgan fingerprint density at radius 1 is 1.04 bits per heavy atom. The van der Waals surface area contributed by atoms with Gasteiger partial charge in [0, 0.05) is 18.1 Å². The van der Waals surface area contributed by atoms with Gasteiger partial charge in [0.25, 0.3) is 5.91 Å². The van der Waals surface area contributed by atoms with Crippen molar-refractivity contribution in [3.8, 4) is 11.4 Å². The molecule has 0 unspecified atom stereocenters. The van der Waals surface area contributed by atoms with Crippen LogP contribution in [0, 0.1) is 0 Å². The summed E-state index contributed by atoms with van der Waals surface area (Å²) in [5.74, 6) is -1.28. The highest BCUT2D eigenvalue weighted by molar-refractivity contribution is 6.07. The standard InChI is InChI=1S/C18H15N3O3/c22-17(23)8-10-20-18(24)13-11-16(15-7-3-4-9-19-15)21-14-6-2-1-5-12(13)14/h1-7,9,11H,8,10H2,(H,20,24)(H,22,23). The van der Waals surface area contributed by atoms with E-state index in [0.717, 1.165) is 0 Å². The Bertz CT molecular complexity index is 894. The van der Waals surface area contributed by atoms with Gasteiger partial charge < -0.3 is 10.4 Å². The van der Waals surface area contributed by atoms with Crippen LogP contribution in [0.2, 0.25) is 0 Å². The van der Waals surface area contributed by atoms with Crippen molar-refractivity contribution in [2.75, 3.05) is 6.54 Å². The molecule has 1 aromatic carbocycles. The van der Waals surface area contributed by atoms with E-state index >= 15 is 0 Å². The fourth-order valence-corrected chi connectivity index (χ4v) is 2.39. The average molecular weight is 321 g/mol. The number of fused-ring (bicyclic) bond motifs is 1. The van der Waals surface area contributed by atoms with Gasteiger partial charge in [0.1, 0.15) is 0 Å². The van der Waals surface area contributed by atoms with Gasteiger partial charge in [-0.05, 0) is 24.3 Å². The molecule has 0 bridgehead atoms. The first-order chi connectivity index (χ1) is 11.6. The Labute approximate surface area is 138 Å². The summed E-state index contributed by atoms with van der Waals surface area (Å²) in [5, 5.41) is 12.0. The number of aromatic nitrogens is 2. The molecule has 2 aromatic heterocycles. The third-order valence-electron chi connectivity index (χ3n) is 3.51. The Hall–Kier alpha value is -3.28. The lowest BCUT2D eigenvalue weighted by molar-refractivity contribution is -0.136. The predicted molar refractivity (Wildman–Crippen MR) is 89.6 cm³/mol. The van der Waals surface area contributed by atoms with E-state index in [1.807, 2.05) is 42.5 Å². The number of amides is 1. The zero-order valence-electron chi connectivity index (χ0n) is 12.8. The molecule has 2 heterocycles. The van der Waals surface area contributed by atoms with E-state index in [1.54, 1.807) is 12.3 Å². The number of carboxylic acid groups (broad SMARTS) is 1. The van der Waals surface area contributed by atoms with Gasteiger partial charge in [-0.1, -0.05) is 24.3 Å². The third kappa shape index (κ3) is 3.38. The normalized spacial score (nSPS) is 10.5. The Morgan fingerprint density at radius 2 is 1.83 bits per heavy atom. The summed E-state index contributed by atoms with van der Waals surface area (Å²) < 4.78 is 0. The van der Waals surface area contributed by atoms with Crippen LogP contribution in [-0.4, -0.2) is 33.5 Å². The quantitative estimate of drug-likeness (QED) is 0.753. The van der Waals surface area contributed by atoms with Gasteiger partial charge in [0.2, 0.25) is 0 Å². The zero-order valence-corrected chi connectivity index (χ0v) is 12.8. The second-order valence-corrected chi connectivity index (χ2v) is 5.19. The number of para-hydroxylation sites is 1. The molecule has 0 aliphatic heterocycles. The molecule has 0 fully saturated rings. The highest BCUT2D eigenvalue weighted by atomic mass is 16.4. The topological polar surface area (TPSA) is 92.2 Å². The molecule has 0 aliphatic carbocycles. The maximum atomic E-state index is 12.5. The molecular formula is C18H15N3O3. The van der Waals surface area contributed by atoms with Crippen LogP contribution in [0.5, 0.6) is 0 Å². The van der Waals surface area contributed by atoms with Crippen molar-refractivity contribution >= 4 is 22.8 Å². The van der Waals surface area contributed by atoms with E-state index in [0.29, 0.717) is 27.9 Å². The minimum absolute atomic E-state index is 0.0732. The fraction of sp³-hybridized carbons (Fsp3) is 0.111. The van der Waals surface area contributed by atoms with Crippen LogP contribution < -0.4 is 5.32 Å². The molecule has 3 aromatic rings. The maximum absolute atomic E-state index is 12.5. The number of benzene rings is 1. The summed E-state index contributed by atoms with van der Waals surface area (Å²) in [6, 6.07) is 14.5. The molecule has 0 aliphatic rings. The lowest BCUT2D eigenvalue weighted by atomic mass is 10.1. The number of carbonyl (C=O) groups is 2. The van der Waals surface area contributed by atoms with Crippen molar-refractivity contribution in [3.05, 3.63) is 60.3 Å². The van der Waals surface area contributed by atoms with Crippen LogP contribution in [0.4, 0.5) is 0 Å². The number of carboxylic acids is 1. The first kappa shape index (κ1) is 15.6. The number of nitrogens with one attached hydrogen (secondary N) is 1. The van der Waals surface area contributed by atoms with E-state index in [4.69, 9.17) is 5.11 Å². The van der Waals surface area contributed by atoms with Gasteiger partial charge in [0.05, 0.1) is 28.9 Å². The molecular weight excluding hydrogens is 306 g/mol. The van der Waals surface area contributed by atoms with E-state index in [9.17, 15) is 9.59 Å². The molecule has 2 N–H and O–H groups in total. The van der Waals surface area contributed by atoms with Crippen molar-refractivity contribution in [1.82, 2.24) is 15.3 Å². The molecule has 1 amide bonds. The number of aliphatic carboxylic acids is 1. The van der Waals surface area contributed by atoms with Gasteiger partial charge in [-0.3, -0.25) is 14.6 Å². The Balaban J connectivity index is 2.02. The number of hydrogen-bond acceptors (Lipinski definition) is 4. The monoisotopic (exact) mass is 321 g/mol. The van der Waals surface area contributed by atoms with Crippen molar-refractivity contribution in [3.63, 3.8) is 0 Å². The van der Waals surface area contributed by atoms with Crippen molar-refractivity contribution in [2.24, 2.45) is 0 Å². The second kappa shape index (κ2) is 6.87. The molecule has 0 spiro atoms. The van der Waals surface area contributed by atoms with Crippen LogP contribution in [0.25, 0.3) is 22.3 Å². The Morgan fingerprint density at radius 3 is 2.58 bits per heavy atom. The summed E-state index contributed by atoms with van der Waals surface area (Å²) in [4.78, 5) is 31.9. The van der Waals surface area contributed by atoms with Gasteiger partial charge in [0.15, 0.2) is 0 Å². The highest BCUT2D eigenvalue weighted by Gasteiger charge is 2.14. The molecule has 3 rings (SSSR count). The average Bonchev–Trinajstić information content (AvgIpc) is 2.61. The summed E-state index contributed by atoms with van der Waals surface area (Å²) in [7, 11) is 0. The van der Waals surface area contributed by atoms with Gasteiger partial charge in [-0.25, -0.2) is 4.98 Å². The van der Waals surface area contributed by atoms with Crippen molar-refractivity contribution < 1.29 is 14.7 Å². The van der Waals surface area contributed by atoms with Crippen LogP contribution in [-0.2, 0) is 4.79 Å². The molecule has 0 saturated heterocycles. The van der Waals surface area contributed by atoms with Crippen LogP contribution in [0.15, 0.2) is 54.7 Å². The third-order valence-corrected chi connectivity index (χ3v) is 3.51. The second-order valence-electron chi connectivity index (χ2n) is 5.19. The number of hydrogen-bond donors (Lipinski definition) is 2. The zero-order chi connectivity index (χ0) is 16.9. The van der Waals surface area contributed by atoms with Crippen LogP contribution in [0.3, 0.4) is 0 Å². The molecule has 0 saturated carbocycles. The minimum atomic E-state index is -0.955. The summed E-state index contributed by atoms with van der Waals surface area (Å²) >= 11 is 0. The molecule has 24 heavy (non-hydrogen) atoms. The van der Waals surface area contributed by atoms with Crippen LogP contribution >= 0.6 is 0 Å². The molecule has 6 nitrogen and oxygen atoms in total. The molecule has 120 valence electrons. The number of rotatable bonds is 5. The lowest BCUT2D eigenvalue weighted by Gasteiger charge is -2.09. The SMILES string of the molecule is O=C(O)CCNC(=O)c1cc(-c2ccccn2)nc2ccccc12. The first-order valence-electron chi connectivity index (χ1n) is 7.46. The molecule has 0 radical (unpaired) electrons. The van der Waals surface area contributed by atoms with E-state index in [-0.39, 0.29) is 18.9 Å². The van der Waals surface area contributed by atoms with E-state index in [2.05, 4.69) is 15.3 Å². The summed E-state index contributed by atoms with van der Waals surface area (Å²) in [6.45, 7) is 0.0732. The molecule has 6 heteroatoms. The van der Waals surface area contributed by atoms with Crippen molar-refractivity contribution in [1.29, 1.82) is 0 Å². The van der Waals surface area contributed by atoms with E-state index in [1.165, 1.54) is 0 Å². The van der Waals surface area contributed by atoms with Crippen LogP contribution in [0.1, 0.15) is 16.8 Å². The maximum Gasteiger partial charge on any atom is 0.305 e. The summed E-state index contributed by atoms with van der Waals surface area (Å²) in [5.41, 5.74) is 2.40. The smallest absolute Gasteiger partial charge is 0.305 e. The minimum Gasteiger partial charge on any atom is -0.481 e. The number of pyridine rings is 2. The van der Waals surface area contributed by atoms with Gasteiger partial charge >= 0.3 is 5.97 Å². The van der Waals surface area contributed by atoms with Gasteiger partial charge in [-0.15, -0.1) is 0 Å². The molecule has 0 atom stereocenters. The fourth-order valence-electron chi connectivity index (χ4n) is 2.39. The van der Waals surface area contributed by atoms with Crippen molar-refractivity contribution in [2.45, 2.75) is 6.42 Å². The highest BCUT2D eigenvalue weighted by Crippen LogP contribution is 2.23. The van der Waals surface area contributed by atoms with E-state index < -0.39 is 5.97 Å². The Kier molecular flexibility index (Phi) is 4.47. The number of carbonyl (C=O) groups excluding carboxylic acids is 1. The summed E-state index contributed by atoms with van der Waals surface area (Å²) in [6.07, 6.45) is 1.54. The van der Waals surface area contributed by atoms with Gasteiger partial charge in [-0.2, -0.15) is 0 Å².